The minimum Gasteiger partial charge on any atom is -0.494 e. The van der Waals surface area contributed by atoms with E-state index in [1.54, 1.807) is 12.1 Å². The van der Waals surface area contributed by atoms with Gasteiger partial charge in [-0.2, -0.15) is 0 Å². The van der Waals surface area contributed by atoms with E-state index in [-0.39, 0.29) is 10.6 Å². The number of hydrogen-bond donors (Lipinski definition) is 2. The lowest BCUT2D eigenvalue weighted by Gasteiger charge is -2.09. The summed E-state index contributed by atoms with van der Waals surface area (Å²) in [7, 11) is -3.82. The predicted molar refractivity (Wildman–Crippen MR) is 103 cm³/mol. The number of thioether (sulfide) groups is 1. The van der Waals surface area contributed by atoms with Gasteiger partial charge in [-0.3, -0.25) is 10.2 Å². The molecule has 0 saturated heterocycles. The summed E-state index contributed by atoms with van der Waals surface area (Å²) in [6, 6.07) is 14.0. The molecule has 0 aromatic heterocycles. The van der Waals surface area contributed by atoms with E-state index in [4.69, 9.17) is 4.74 Å². The van der Waals surface area contributed by atoms with Gasteiger partial charge in [0, 0.05) is 5.75 Å². The Morgan fingerprint density at radius 3 is 2.35 bits per heavy atom. The summed E-state index contributed by atoms with van der Waals surface area (Å²) in [5, 5.41) is 0. The summed E-state index contributed by atoms with van der Waals surface area (Å²) in [6.45, 7) is 4.36. The number of aryl methyl sites for hydroxylation is 1. The van der Waals surface area contributed by atoms with Crippen molar-refractivity contribution < 1.29 is 17.9 Å². The van der Waals surface area contributed by atoms with E-state index in [1.165, 1.54) is 29.5 Å². The maximum atomic E-state index is 12.2. The second-order valence-corrected chi connectivity index (χ2v) is 8.20. The second-order valence-electron chi connectivity index (χ2n) is 5.54. The highest BCUT2D eigenvalue weighted by Gasteiger charge is 2.15. The number of hydrazine groups is 1. The standard InChI is InChI=1S/C18H22N2O4S2/c1-3-24-16-8-10-17(11-9-16)26(22,23)20-19-18(21)13-25-12-15-6-4-14(2)5-7-15/h4-11,20H,3,12-13H2,1-2H3,(H,19,21). The largest absolute Gasteiger partial charge is 0.494 e. The molecule has 0 heterocycles. The topological polar surface area (TPSA) is 84.5 Å². The van der Waals surface area contributed by atoms with E-state index >= 15 is 0 Å². The normalized spacial score (nSPS) is 11.2. The van der Waals surface area contributed by atoms with Gasteiger partial charge in [0.2, 0.25) is 5.91 Å². The van der Waals surface area contributed by atoms with Gasteiger partial charge in [0.15, 0.2) is 0 Å². The molecule has 0 aliphatic carbocycles. The van der Waals surface area contributed by atoms with Gasteiger partial charge < -0.3 is 4.74 Å². The summed E-state index contributed by atoms with van der Waals surface area (Å²) >= 11 is 1.41. The molecule has 0 aliphatic heterocycles. The van der Waals surface area contributed by atoms with Crippen LogP contribution in [-0.4, -0.2) is 26.7 Å². The lowest BCUT2D eigenvalue weighted by molar-refractivity contribution is -0.119. The smallest absolute Gasteiger partial charge is 0.257 e. The van der Waals surface area contributed by atoms with Gasteiger partial charge in [0.1, 0.15) is 5.75 Å². The maximum Gasteiger partial charge on any atom is 0.257 e. The zero-order valence-corrected chi connectivity index (χ0v) is 16.3. The quantitative estimate of drug-likeness (QED) is 0.639. The number of benzene rings is 2. The van der Waals surface area contributed by atoms with Gasteiger partial charge in [-0.1, -0.05) is 29.8 Å². The molecule has 6 nitrogen and oxygen atoms in total. The van der Waals surface area contributed by atoms with Crippen molar-refractivity contribution >= 4 is 27.7 Å². The summed E-state index contributed by atoms with van der Waals surface area (Å²) in [5.74, 6) is 1.01. The number of hydrogen-bond acceptors (Lipinski definition) is 5. The Morgan fingerprint density at radius 1 is 1.08 bits per heavy atom. The third-order valence-corrected chi connectivity index (χ3v) is 5.66. The summed E-state index contributed by atoms with van der Waals surface area (Å²) < 4.78 is 29.6. The molecule has 0 atom stereocenters. The fourth-order valence-corrected chi connectivity index (χ4v) is 3.69. The molecule has 140 valence electrons. The minimum absolute atomic E-state index is 0.0496. The van der Waals surface area contributed by atoms with Crippen molar-refractivity contribution in [3.63, 3.8) is 0 Å². The van der Waals surface area contributed by atoms with Crippen molar-refractivity contribution in [1.82, 2.24) is 10.3 Å². The monoisotopic (exact) mass is 394 g/mol. The molecule has 1 amide bonds. The zero-order valence-electron chi connectivity index (χ0n) is 14.7. The number of carbonyl (C=O) groups excluding carboxylic acids is 1. The third-order valence-electron chi connectivity index (χ3n) is 3.39. The lowest BCUT2D eigenvalue weighted by atomic mass is 10.2. The van der Waals surface area contributed by atoms with Gasteiger partial charge in [0.05, 0.1) is 17.3 Å². The molecule has 8 heteroatoms. The third kappa shape index (κ3) is 6.36. The van der Waals surface area contributed by atoms with Crippen molar-refractivity contribution in [3.05, 3.63) is 59.7 Å². The van der Waals surface area contributed by atoms with Crippen LogP contribution in [0.5, 0.6) is 5.75 Å². The van der Waals surface area contributed by atoms with E-state index in [2.05, 4.69) is 10.3 Å². The average Bonchev–Trinajstić information content (AvgIpc) is 2.63. The van der Waals surface area contributed by atoms with Crippen LogP contribution in [0.2, 0.25) is 0 Å². The number of ether oxygens (including phenoxy) is 1. The molecule has 0 bridgehead atoms. The van der Waals surface area contributed by atoms with Crippen molar-refractivity contribution in [3.8, 4) is 5.75 Å². The zero-order chi connectivity index (χ0) is 19.0. The van der Waals surface area contributed by atoms with Crippen LogP contribution in [-0.2, 0) is 20.6 Å². The predicted octanol–water partition coefficient (Wildman–Crippen LogP) is 2.64. The lowest BCUT2D eigenvalue weighted by Crippen LogP contribution is -2.42. The first-order chi connectivity index (χ1) is 12.4. The van der Waals surface area contributed by atoms with Crippen LogP contribution in [0.3, 0.4) is 0 Å². The molecule has 26 heavy (non-hydrogen) atoms. The van der Waals surface area contributed by atoms with E-state index in [1.807, 2.05) is 38.1 Å². The van der Waals surface area contributed by atoms with Crippen LogP contribution in [0.25, 0.3) is 0 Å². The maximum absolute atomic E-state index is 12.2. The molecule has 2 aromatic carbocycles. The molecule has 2 rings (SSSR count). The molecule has 0 fully saturated rings. The van der Waals surface area contributed by atoms with Crippen molar-refractivity contribution in [2.45, 2.75) is 24.5 Å². The van der Waals surface area contributed by atoms with Gasteiger partial charge in [-0.25, -0.2) is 8.42 Å². The minimum atomic E-state index is -3.82. The van der Waals surface area contributed by atoms with Crippen LogP contribution in [0, 0.1) is 6.92 Å². The number of amides is 1. The highest BCUT2D eigenvalue weighted by Crippen LogP contribution is 2.16. The molecule has 0 aliphatic rings. The van der Waals surface area contributed by atoms with Crippen molar-refractivity contribution in [2.75, 3.05) is 12.4 Å². The van der Waals surface area contributed by atoms with Gasteiger partial charge in [0.25, 0.3) is 10.0 Å². The molecule has 0 radical (unpaired) electrons. The molecular weight excluding hydrogens is 372 g/mol. The van der Waals surface area contributed by atoms with Gasteiger partial charge in [-0.15, -0.1) is 16.6 Å². The Bertz CT molecular complexity index is 819. The highest BCUT2D eigenvalue weighted by atomic mass is 32.2. The molecular formula is C18H22N2O4S2. The Kier molecular flexibility index (Phi) is 7.50. The fourth-order valence-electron chi connectivity index (χ4n) is 2.05. The fraction of sp³-hybridized carbons (Fsp3) is 0.278. The van der Waals surface area contributed by atoms with Crippen LogP contribution in [0.4, 0.5) is 0 Å². The van der Waals surface area contributed by atoms with Crippen molar-refractivity contribution in [1.29, 1.82) is 0 Å². The Labute approximate surface area is 158 Å². The first-order valence-electron chi connectivity index (χ1n) is 8.07. The molecule has 2 aromatic rings. The Hall–Kier alpha value is -2.03. The second kappa shape index (κ2) is 9.61. The van der Waals surface area contributed by atoms with E-state index in [0.29, 0.717) is 18.1 Å². The summed E-state index contributed by atoms with van der Waals surface area (Å²) in [6.07, 6.45) is 0. The average molecular weight is 395 g/mol. The summed E-state index contributed by atoms with van der Waals surface area (Å²) in [4.78, 5) is 14.0. The molecule has 0 unspecified atom stereocenters. The first-order valence-corrected chi connectivity index (χ1v) is 10.7. The van der Waals surface area contributed by atoms with Crippen LogP contribution < -0.4 is 15.0 Å². The van der Waals surface area contributed by atoms with E-state index in [0.717, 1.165) is 5.56 Å². The number of carbonyl (C=O) groups is 1. The van der Waals surface area contributed by atoms with Crippen LogP contribution in [0.1, 0.15) is 18.1 Å². The highest BCUT2D eigenvalue weighted by molar-refractivity contribution is 7.99. The number of nitrogens with one attached hydrogen (secondary N) is 2. The molecule has 0 spiro atoms. The van der Waals surface area contributed by atoms with Crippen LogP contribution >= 0.6 is 11.8 Å². The van der Waals surface area contributed by atoms with Crippen LogP contribution in [0.15, 0.2) is 53.4 Å². The van der Waals surface area contributed by atoms with Gasteiger partial charge >= 0.3 is 0 Å². The molecule has 0 saturated carbocycles. The number of rotatable bonds is 9. The first kappa shape index (κ1) is 20.3. The molecule has 2 N–H and O–H groups in total. The van der Waals surface area contributed by atoms with Gasteiger partial charge in [-0.05, 0) is 43.7 Å². The van der Waals surface area contributed by atoms with Crippen molar-refractivity contribution in [2.24, 2.45) is 0 Å². The summed E-state index contributed by atoms with van der Waals surface area (Å²) in [5.41, 5.74) is 4.52. The Morgan fingerprint density at radius 2 is 1.73 bits per heavy atom. The van der Waals surface area contributed by atoms with E-state index in [9.17, 15) is 13.2 Å². The SMILES string of the molecule is CCOc1ccc(S(=O)(=O)NNC(=O)CSCc2ccc(C)cc2)cc1. The number of sulfonamides is 1. The Balaban J connectivity index is 1.78. The van der Waals surface area contributed by atoms with E-state index < -0.39 is 15.9 Å².